The van der Waals surface area contributed by atoms with Gasteiger partial charge in [0.2, 0.25) is 5.91 Å². The Bertz CT molecular complexity index is 455. The van der Waals surface area contributed by atoms with Crippen LogP contribution in [0.2, 0.25) is 0 Å². The Morgan fingerprint density at radius 1 is 1.53 bits per heavy atom. The van der Waals surface area contributed by atoms with Crippen molar-refractivity contribution in [2.75, 3.05) is 23.8 Å². The lowest BCUT2D eigenvalue weighted by Crippen LogP contribution is -2.29. The van der Waals surface area contributed by atoms with Crippen molar-refractivity contribution in [1.82, 2.24) is 0 Å². The molecular weight excluding hydrogens is 265 g/mol. The fourth-order valence-electron chi connectivity index (χ4n) is 2.05. The van der Waals surface area contributed by atoms with Gasteiger partial charge >= 0.3 is 0 Å². The zero-order chi connectivity index (χ0) is 13.8. The number of aliphatic hydroxyl groups excluding tert-OH is 1. The fraction of sp³-hybridized carbons (Fsp3) is 0.500. The number of thioether (sulfide) groups is 1. The number of hydrogen-bond donors (Lipinski definition) is 1. The van der Waals surface area contributed by atoms with Gasteiger partial charge in [-0.25, -0.2) is 4.39 Å². The van der Waals surface area contributed by atoms with Crippen LogP contribution in [0.4, 0.5) is 10.1 Å². The highest BCUT2D eigenvalue weighted by Gasteiger charge is 2.34. The molecule has 0 saturated carbocycles. The predicted octanol–water partition coefficient (Wildman–Crippen LogP) is 2.29. The second-order valence-corrected chi connectivity index (χ2v) is 6.08. The fourth-order valence-corrected chi connectivity index (χ4v) is 3.26. The summed E-state index contributed by atoms with van der Waals surface area (Å²) in [5.41, 5.74) is 0.366. The van der Waals surface area contributed by atoms with Crippen molar-refractivity contribution in [1.29, 1.82) is 0 Å². The van der Waals surface area contributed by atoms with Gasteiger partial charge in [0.15, 0.2) is 0 Å². The summed E-state index contributed by atoms with van der Waals surface area (Å²) in [6, 6.07) is 6.36. The second kappa shape index (κ2) is 6.39. The summed E-state index contributed by atoms with van der Waals surface area (Å²) in [5, 5.41) is 8.87. The number of amides is 1. The highest BCUT2D eigenvalue weighted by molar-refractivity contribution is 8.00. The van der Waals surface area contributed by atoms with E-state index in [9.17, 15) is 9.18 Å². The van der Waals surface area contributed by atoms with Crippen LogP contribution >= 0.6 is 11.8 Å². The molecule has 1 N–H and O–H groups in total. The van der Waals surface area contributed by atoms with Gasteiger partial charge in [0, 0.05) is 13.2 Å². The van der Waals surface area contributed by atoms with Gasteiger partial charge in [-0.2, -0.15) is 0 Å². The molecule has 3 nitrogen and oxygen atoms in total. The topological polar surface area (TPSA) is 40.5 Å². The minimum Gasteiger partial charge on any atom is -0.396 e. The van der Waals surface area contributed by atoms with Crippen LogP contribution in [-0.2, 0) is 4.79 Å². The van der Waals surface area contributed by atoms with Gasteiger partial charge in [0.25, 0.3) is 0 Å². The van der Waals surface area contributed by atoms with Crippen LogP contribution in [0.25, 0.3) is 0 Å². The van der Waals surface area contributed by atoms with Crippen LogP contribution in [0.5, 0.6) is 0 Å². The quantitative estimate of drug-likeness (QED) is 0.901. The van der Waals surface area contributed by atoms with Crippen molar-refractivity contribution in [2.24, 2.45) is 5.92 Å². The smallest absolute Gasteiger partial charge is 0.240 e. The Labute approximate surface area is 116 Å². The van der Waals surface area contributed by atoms with Crippen molar-refractivity contribution in [3.8, 4) is 0 Å². The molecule has 1 aliphatic rings. The van der Waals surface area contributed by atoms with Crippen LogP contribution in [0.1, 0.15) is 13.3 Å². The van der Waals surface area contributed by atoms with E-state index in [4.69, 9.17) is 5.11 Å². The number of nitrogens with zero attached hydrogens (tertiary/aromatic N) is 1. The van der Waals surface area contributed by atoms with E-state index in [0.717, 1.165) is 12.2 Å². The summed E-state index contributed by atoms with van der Waals surface area (Å²) in [5.74, 6) is 0.545. The lowest BCUT2D eigenvalue weighted by molar-refractivity contribution is -0.116. The number of halogens is 1. The first-order chi connectivity index (χ1) is 9.13. The van der Waals surface area contributed by atoms with Gasteiger partial charge in [-0.3, -0.25) is 4.79 Å². The van der Waals surface area contributed by atoms with E-state index in [1.54, 1.807) is 30.0 Å². The number of para-hydroxylation sites is 1. The normalized spacial score (nSPS) is 20.9. The maximum absolute atomic E-state index is 13.7. The SMILES string of the molecule is CC(CO)CSC1CCN(c2ccccc2F)C1=O. The van der Waals surface area contributed by atoms with Crippen molar-refractivity contribution in [3.63, 3.8) is 0 Å². The second-order valence-electron chi connectivity index (χ2n) is 4.84. The molecule has 1 aromatic rings. The van der Waals surface area contributed by atoms with Gasteiger partial charge in [0.1, 0.15) is 5.82 Å². The molecule has 1 aromatic carbocycles. The number of benzene rings is 1. The zero-order valence-electron chi connectivity index (χ0n) is 10.9. The van der Waals surface area contributed by atoms with Crippen LogP contribution in [0.15, 0.2) is 24.3 Å². The average molecular weight is 283 g/mol. The molecule has 0 radical (unpaired) electrons. The van der Waals surface area contributed by atoms with E-state index in [0.29, 0.717) is 12.2 Å². The Morgan fingerprint density at radius 2 is 2.26 bits per heavy atom. The Balaban J connectivity index is 2.00. The Kier molecular flexibility index (Phi) is 4.82. The molecule has 2 unspecified atom stereocenters. The highest BCUT2D eigenvalue weighted by Crippen LogP contribution is 2.30. The zero-order valence-corrected chi connectivity index (χ0v) is 11.7. The molecule has 0 spiro atoms. The minimum absolute atomic E-state index is 0.0276. The molecule has 0 aromatic heterocycles. The third-order valence-corrected chi connectivity index (χ3v) is 4.79. The average Bonchev–Trinajstić information content (AvgIpc) is 2.78. The first-order valence-corrected chi connectivity index (χ1v) is 7.46. The molecule has 1 heterocycles. The number of anilines is 1. The van der Waals surface area contributed by atoms with E-state index in [1.165, 1.54) is 11.0 Å². The van der Waals surface area contributed by atoms with Gasteiger partial charge in [-0.15, -0.1) is 11.8 Å². The van der Waals surface area contributed by atoms with Gasteiger partial charge in [-0.05, 0) is 30.2 Å². The summed E-state index contributed by atoms with van der Waals surface area (Å²) in [7, 11) is 0. The summed E-state index contributed by atoms with van der Waals surface area (Å²) in [6.07, 6.45) is 0.732. The largest absolute Gasteiger partial charge is 0.396 e. The minimum atomic E-state index is -0.356. The first kappa shape index (κ1) is 14.3. The van der Waals surface area contributed by atoms with Crippen LogP contribution < -0.4 is 4.90 Å². The van der Waals surface area contributed by atoms with Crippen molar-refractivity contribution < 1.29 is 14.3 Å². The van der Waals surface area contributed by atoms with Crippen LogP contribution in [-0.4, -0.2) is 35.2 Å². The van der Waals surface area contributed by atoms with E-state index in [2.05, 4.69) is 0 Å². The van der Waals surface area contributed by atoms with E-state index >= 15 is 0 Å². The van der Waals surface area contributed by atoms with E-state index in [-0.39, 0.29) is 29.5 Å². The molecule has 0 bridgehead atoms. The number of aliphatic hydroxyl groups is 1. The van der Waals surface area contributed by atoms with Crippen LogP contribution in [0.3, 0.4) is 0 Å². The molecule has 19 heavy (non-hydrogen) atoms. The van der Waals surface area contributed by atoms with Crippen molar-refractivity contribution in [3.05, 3.63) is 30.1 Å². The molecule has 1 aliphatic heterocycles. The first-order valence-electron chi connectivity index (χ1n) is 6.42. The molecule has 0 aliphatic carbocycles. The molecule has 104 valence electrons. The van der Waals surface area contributed by atoms with E-state index in [1.807, 2.05) is 6.92 Å². The summed E-state index contributed by atoms with van der Waals surface area (Å²) in [6.45, 7) is 2.64. The molecule has 1 amide bonds. The highest BCUT2D eigenvalue weighted by atomic mass is 32.2. The van der Waals surface area contributed by atoms with Gasteiger partial charge in [0.05, 0.1) is 10.9 Å². The summed E-state index contributed by atoms with van der Waals surface area (Å²) < 4.78 is 13.7. The molecule has 1 fully saturated rings. The third-order valence-electron chi connectivity index (χ3n) is 3.19. The number of rotatable bonds is 5. The predicted molar refractivity (Wildman–Crippen MR) is 75.9 cm³/mol. The van der Waals surface area contributed by atoms with Gasteiger partial charge in [-0.1, -0.05) is 19.1 Å². The Hall–Kier alpha value is -1.07. The molecular formula is C14H18FNO2S. The van der Waals surface area contributed by atoms with Gasteiger partial charge < -0.3 is 10.0 Å². The van der Waals surface area contributed by atoms with E-state index < -0.39 is 0 Å². The number of carbonyl (C=O) groups excluding carboxylic acids is 1. The summed E-state index contributed by atoms with van der Waals surface area (Å²) in [4.78, 5) is 13.8. The number of carbonyl (C=O) groups is 1. The Morgan fingerprint density at radius 3 is 2.95 bits per heavy atom. The molecule has 2 rings (SSSR count). The van der Waals surface area contributed by atoms with Crippen molar-refractivity contribution >= 4 is 23.4 Å². The van der Waals surface area contributed by atoms with Crippen LogP contribution in [0, 0.1) is 11.7 Å². The lowest BCUT2D eigenvalue weighted by Gasteiger charge is -2.17. The monoisotopic (exact) mass is 283 g/mol. The maximum Gasteiger partial charge on any atom is 0.240 e. The van der Waals surface area contributed by atoms with Crippen molar-refractivity contribution in [2.45, 2.75) is 18.6 Å². The molecule has 2 atom stereocenters. The lowest BCUT2D eigenvalue weighted by atomic mass is 10.2. The third kappa shape index (κ3) is 3.28. The number of hydrogen-bond acceptors (Lipinski definition) is 3. The maximum atomic E-state index is 13.7. The summed E-state index contributed by atoms with van der Waals surface area (Å²) >= 11 is 1.56. The standard InChI is InChI=1S/C14H18FNO2S/c1-10(8-17)9-19-13-6-7-16(14(13)18)12-5-3-2-4-11(12)15/h2-5,10,13,17H,6-9H2,1H3. The molecule has 5 heteroatoms. The molecule has 1 saturated heterocycles.